The van der Waals surface area contributed by atoms with Gasteiger partial charge in [0.1, 0.15) is 5.75 Å². The summed E-state index contributed by atoms with van der Waals surface area (Å²) in [5.41, 5.74) is 6.37. The Hall–Kier alpha value is -1.47. The van der Waals surface area contributed by atoms with Gasteiger partial charge < -0.3 is 15.8 Å². The first-order valence-electron chi connectivity index (χ1n) is 6.04. The van der Waals surface area contributed by atoms with Gasteiger partial charge in [-0.3, -0.25) is 4.79 Å². The van der Waals surface area contributed by atoms with Gasteiger partial charge in [0, 0.05) is 18.2 Å². The summed E-state index contributed by atoms with van der Waals surface area (Å²) in [6.07, 6.45) is -4.38. The molecule has 1 aromatic rings. The van der Waals surface area contributed by atoms with Crippen LogP contribution >= 0.6 is 12.4 Å². The molecule has 0 aromatic heterocycles. The number of amides is 1. The van der Waals surface area contributed by atoms with Crippen molar-refractivity contribution < 1.29 is 22.7 Å². The number of aryl methyl sites for hydroxylation is 1. The van der Waals surface area contributed by atoms with Crippen LogP contribution in [0.5, 0.6) is 5.75 Å². The highest BCUT2D eigenvalue weighted by Crippen LogP contribution is 2.24. The Morgan fingerprint density at radius 2 is 2.05 bits per heavy atom. The van der Waals surface area contributed by atoms with E-state index in [1.807, 2.05) is 0 Å². The summed E-state index contributed by atoms with van der Waals surface area (Å²) in [6.45, 7) is 2.16. The summed E-state index contributed by atoms with van der Waals surface area (Å²) < 4.78 is 40.8. The lowest BCUT2D eigenvalue weighted by atomic mass is 10.1. The van der Waals surface area contributed by atoms with E-state index < -0.39 is 12.8 Å². The number of alkyl halides is 3. The summed E-state index contributed by atoms with van der Waals surface area (Å²) in [5, 5.41) is 2.64. The molecule has 0 radical (unpaired) electrons. The van der Waals surface area contributed by atoms with E-state index in [4.69, 9.17) is 5.73 Å². The average Bonchev–Trinajstić information content (AvgIpc) is 2.35. The topological polar surface area (TPSA) is 64.4 Å². The molecule has 21 heavy (non-hydrogen) atoms. The van der Waals surface area contributed by atoms with Crippen LogP contribution in [0.4, 0.5) is 18.9 Å². The number of benzene rings is 1. The van der Waals surface area contributed by atoms with E-state index in [-0.39, 0.29) is 36.5 Å². The first-order chi connectivity index (χ1) is 9.23. The van der Waals surface area contributed by atoms with Gasteiger partial charge in [0.05, 0.1) is 0 Å². The second-order valence-electron chi connectivity index (χ2n) is 4.51. The van der Waals surface area contributed by atoms with E-state index in [9.17, 15) is 18.0 Å². The molecule has 0 saturated carbocycles. The number of nitrogens with two attached hydrogens (primary N) is 1. The molecule has 1 amide bonds. The molecule has 120 valence electrons. The fourth-order valence-electron chi connectivity index (χ4n) is 1.42. The lowest BCUT2D eigenvalue weighted by Gasteiger charge is -2.14. The molecule has 0 aliphatic heterocycles. The molecular formula is C13H18ClF3N2O2. The number of halogens is 4. The van der Waals surface area contributed by atoms with E-state index in [1.54, 1.807) is 19.9 Å². The lowest BCUT2D eigenvalue weighted by Crippen LogP contribution is -2.26. The molecule has 0 fully saturated rings. The van der Waals surface area contributed by atoms with Crippen LogP contribution in [0, 0.1) is 12.8 Å². The molecule has 8 heteroatoms. The first-order valence-corrected chi connectivity index (χ1v) is 6.04. The standard InChI is InChI=1S/C13H17F3N2O2.ClH/c1-8-5-10(18-12(19)9(2)6-17)3-4-11(8)20-7-13(14,15)16;/h3-5,9H,6-7,17H2,1-2H3,(H,18,19);1H. The van der Waals surface area contributed by atoms with Gasteiger partial charge >= 0.3 is 6.18 Å². The quantitative estimate of drug-likeness (QED) is 0.874. The minimum atomic E-state index is -4.38. The molecule has 1 atom stereocenters. The van der Waals surface area contributed by atoms with Crippen molar-refractivity contribution in [2.24, 2.45) is 11.7 Å². The largest absolute Gasteiger partial charge is 0.484 e. The Bertz CT molecular complexity index is 481. The van der Waals surface area contributed by atoms with Crippen LogP contribution in [-0.2, 0) is 4.79 Å². The van der Waals surface area contributed by atoms with Crippen molar-refractivity contribution in [3.05, 3.63) is 23.8 Å². The third-order valence-corrected chi connectivity index (χ3v) is 2.63. The van der Waals surface area contributed by atoms with E-state index in [2.05, 4.69) is 10.1 Å². The first kappa shape index (κ1) is 19.5. The van der Waals surface area contributed by atoms with Gasteiger partial charge in [0.25, 0.3) is 0 Å². The van der Waals surface area contributed by atoms with Crippen LogP contribution in [0.25, 0.3) is 0 Å². The highest BCUT2D eigenvalue weighted by atomic mass is 35.5. The molecule has 0 heterocycles. The summed E-state index contributed by atoms with van der Waals surface area (Å²) in [4.78, 5) is 11.6. The van der Waals surface area contributed by atoms with Crippen LogP contribution in [-0.4, -0.2) is 25.2 Å². The smallest absolute Gasteiger partial charge is 0.422 e. The molecule has 0 aliphatic rings. The number of rotatable bonds is 5. The SMILES string of the molecule is Cc1cc(NC(=O)C(C)CN)ccc1OCC(F)(F)F.Cl. The molecule has 1 aromatic carbocycles. The Balaban J connectivity index is 0.00000400. The Morgan fingerprint density at radius 3 is 2.52 bits per heavy atom. The van der Waals surface area contributed by atoms with Crippen molar-refractivity contribution in [3.63, 3.8) is 0 Å². The zero-order chi connectivity index (χ0) is 15.3. The van der Waals surface area contributed by atoms with Crippen LogP contribution < -0.4 is 15.8 Å². The summed E-state index contributed by atoms with van der Waals surface area (Å²) in [7, 11) is 0. The fraction of sp³-hybridized carbons (Fsp3) is 0.462. The van der Waals surface area contributed by atoms with Crippen LogP contribution in [0.1, 0.15) is 12.5 Å². The highest BCUT2D eigenvalue weighted by molar-refractivity contribution is 5.92. The third-order valence-electron chi connectivity index (χ3n) is 2.63. The van der Waals surface area contributed by atoms with Gasteiger partial charge in [-0.15, -0.1) is 12.4 Å². The number of carbonyl (C=O) groups is 1. The zero-order valence-electron chi connectivity index (χ0n) is 11.7. The van der Waals surface area contributed by atoms with E-state index in [0.29, 0.717) is 11.3 Å². The minimum absolute atomic E-state index is 0. The van der Waals surface area contributed by atoms with Gasteiger partial charge in [0.2, 0.25) is 5.91 Å². The fourth-order valence-corrected chi connectivity index (χ4v) is 1.42. The second kappa shape index (κ2) is 8.09. The Labute approximate surface area is 127 Å². The molecule has 0 spiro atoms. The van der Waals surface area contributed by atoms with Gasteiger partial charge in [-0.2, -0.15) is 13.2 Å². The van der Waals surface area contributed by atoms with Crippen molar-refractivity contribution in [2.45, 2.75) is 20.0 Å². The van der Waals surface area contributed by atoms with Crippen LogP contribution in [0.3, 0.4) is 0 Å². The number of ether oxygens (including phenoxy) is 1. The maximum absolute atomic E-state index is 12.1. The lowest BCUT2D eigenvalue weighted by molar-refractivity contribution is -0.153. The van der Waals surface area contributed by atoms with E-state index in [0.717, 1.165) is 0 Å². The van der Waals surface area contributed by atoms with Gasteiger partial charge in [0.15, 0.2) is 6.61 Å². The van der Waals surface area contributed by atoms with Crippen molar-refractivity contribution >= 4 is 24.0 Å². The van der Waals surface area contributed by atoms with Crippen LogP contribution in [0.2, 0.25) is 0 Å². The molecular weight excluding hydrogens is 309 g/mol. The molecule has 0 saturated heterocycles. The highest BCUT2D eigenvalue weighted by Gasteiger charge is 2.28. The predicted octanol–water partition coefficient (Wildman–Crippen LogP) is 2.89. The number of hydrogen-bond acceptors (Lipinski definition) is 3. The number of hydrogen-bond donors (Lipinski definition) is 2. The van der Waals surface area contributed by atoms with E-state index >= 15 is 0 Å². The molecule has 1 unspecified atom stereocenters. The third kappa shape index (κ3) is 6.68. The van der Waals surface area contributed by atoms with Crippen molar-refractivity contribution in [2.75, 3.05) is 18.5 Å². The number of nitrogens with one attached hydrogen (secondary N) is 1. The summed E-state index contributed by atoms with van der Waals surface area (Å²) >= 11 is 0. The average molecular weight is 327 g/mol. The van der Waals surface area contributed by atoms with Crippen LogP contribution in [0.15, 0.2) is 18.2 Å². The molecule has 3 N–H and O–H groups in total. The molecule has 0 bridgehead atoms. The van der Waals surface area contributed by atoms with Crippen molar-refractivity contribution in [1.29, 1.82) is 0 Å². The Morgan fingerprint density at radius 1 is 1.43 bits per heavy atom. The molecule has 4 nitrogen and oxygen atoms in total. The second-order valence-corrected chi connectivity index (χ2v) is 4.51. The molecule has 0 aliphatic carbocycles. The monoisotopic (exact) mass is 326 g/mol. The van der Waals surface area contributed by atoms with E-state index in [1.165, 1.54) is 12.1 Å². The Kier molecular flexibility index (Phi) is 7.52. The normalized spacial score (nSPS) is 12.3. The maximum atomic E-state index is 12.1. The number of anilines is 1. The predicted molar refractivity (Wildman–Crippen MR) is 76.8 cm³/mol. The summed E-state index contributed by atoms with van der Waals surface area (Å²) in [6, 6.07) is 4.43. The van der Waals surface area contributed by atoms with Crippen molar-refractivity contribution in [1.82, 2.24) is 0 Å². The number of carbonyl (C=O) groups excluding carboxylic acids is 1. The van der Waals surface area contributed by atoms with Gasteiger partial charge in [-0.1, -0.05) is 6.92 Å². The zero-order valence-corrected chi connectivity index (χ0v) is 12.5. The van der Waals surface area contributed by atoms with Crippen molar-refractivity contribution in [3.8, 4) is 5.75 Å². The van der Waals surface area contributed by atoms with Gasteiger partial charge in [-0.05, 0) is 30.7 Å². The maximum Gasteiger partial charge on any atom is 0.422 e. The minimum Gasteiger partial charge on any atom is -0.484 e. The van der Waals surface area contributed by atoms with Gasteiger partial charge in [-0.25, -0.2) is 0 Å². The molecule has 1 rings (SSSR count). The summed E-state index contributed by atoms with van der Waals surface area (Å²) in [5.74, 6) is -0.445.